The fourth-order valence-electron chi connectivity index (χ4n) is 1.44. The van der Waals surface area contributed by atoms with Crippen LogP contribution < -0.4 is 0 Å². The Bertz CT molecular complexity index is 488. The van der Waals surface area contributed by atoms with Gasteiger partial charge < -0.3 is 4.74 Å². The molecular formula is C10H10N2O2. The molecule has 0 aliphatic heterocycles. The van der Waals surface area contributed by atoms with Crippen LogP contribution in [-0.2, 0) is 4.74 Å². The summed E-state index contributed by atoms with van der Waals surface area (Å²) in [6.07, 6.45) is 1.70. The fraction of sp³-hybridized carbons (Fsp3) is 0.200. The third-order valence-electron chi connectivity index (χ3n) is 2.09. The van der Waals surface area contributed by atoms with Crippen LogP contribution in [0.3, 0.4) is 0 Å². The molecule has 4 heteroatoms. The third-order valence-corrected chi connectivity index (χ3v) is 2.09. The van der Waals surface area contributed by atoms with Crippen molar-refractivity contribution in [2.75, 3.05) is 7.11 Å². The van der Waals surface area contributed by atoms with E-state index in [4.69, 9.17) is 0 Å². The van der Waals surface area contributed by atoms with E-state index in [-0.39, 0.29) is 5.97 Å². The fourth-order valence-corrected chi connectivity index (χ4v) is 1.44. The number of esters is 1. The Morgan fingerprint density at radius 1 is 1.50 bits per heavy atom. The van der Waals surface area contributed by atoms with E-state index in [1.54, 1.807) is 22.8 Å². The van der Waals surface area contributed by atoms with Crippen LogP contribution in [-0.4, -0.2) is 22.7 Å². The molecule has 0 aliphatic rings. The lowest BCUT2D eigenvalue weighted by molar-refractivity contribution is 0.0600. The Morgan fingerprint density at radius 3 is 3.00 bits per heavy atom. The van der Waals surface area contributed by atoms with Gasteiger partial charge in [0.15, 0.2) is 0 Å². The van der Waals surface area contributed by atoms with Gasteiger partial charge in [-0.1, -0.05) is 0 Å². The van der Waals surface area contributed by atoms with Gasteiger partial charge in [0.2, 0.25) is 0 Å². The maximum atomic E-state index is 11.3. The van der Waals surface area contributed by atoms with E-state index in [2.05, 4.69) is 9.84 Å². The number of aryl methyl sites for hydroxylation is 1. The van der Waals surface area contributed by atoms with Crippen LogP contribution in [0, 0.1) is 6.92 Å². The van der Waals surface area contributed by atoms with Crippen molar-refractivity contribution in [2.45, 2.75) is 6.92 Å². The third kappa shape index (κ3) is 1.25. The van der Waals surface area contributed by atoms with Crippen LogP contribution in [0.25, 0.3) is 5.52 Å². The second-order valence-corrected chi connectivity index (χ2v) is 3.04. The number of nitrogens with zero attached hydrogens (tertiary/aromatic N) is 2. The summed E-state index contributed by atoms with van der Waals surface area (Å²) >= 11 is 0. The number of ether oxygens (including phenoxy) is 1. The van der Waals surface area contributed by atoms with E-state index in [9.17, 15) is 4.79 Å². The van der Waals surface area contributed by atoms with Crippen LogP contribution >= 0.6 is 0 Å². The molecule has 0 radical (unpaired) electrons. The average molecular weight is 190 g/mol. The smallest absolute Gasteiger partial charge is 0.337 e. The summed E-state index contributed by atoms with van der Waals surface area (Å²) in [7, 11) is 1.37. The molecular weight excluding hydrogens is 180 g/mol. The maximum Gasteiger partial charge on any atom is 0.337 e. The van der Waals surface area contributed by atoms with Crippen molar-refractivity contribution in [3.8, 4) is 0 Å². The van der Waals surface area contributed by atoms with Crippen LogP contribution in [0.15, 0.2) is 24.4 Å². The van der Waals surface area contributed by atoms with Gasteiger partial charge in [0.25, 0.3) is 0 Å². The van der Waals surface area contributed by atoms with Crippen LogP contribution in [0.2, 0.25) is 0 Å². The number of rotatable bonds is 1. The van der Waals surface area contributed by atoms with Crippen LogP contribution in [0.4, 0.5) is 0 Å². The van der Waals surface area contributed by atoms with Gasteiger partial charge in [-0.25, -0.2) is 9.31 Å². The highest BCUT2D eigenvalue weighted by molar-refractivity contribution is 5.90. The highest BCUT2D eigenvalue weighted by Gasteiger charge is 2.08. The van der Waals surface area contributed by atoms with Gasteiger partial charge in [-0.2, -0.15) is 5.10 Å². The van der Waals surface area contributed by atoms with E-state index in [1.165, 1.54) is 7.11 Å². The molecule has 0 N–H and O–H groups in total. The van der Waals surface area contributed by atoms with E-state index >= 15 is 0 Å². The Labute approximate surface area is 81.1 Å². The minimum atomic E-state index is -0.322. The zero-order valence-electron chi connectivity index (χ0n) is 8.02. The van der Waals surface area contributed by atoms with Crippen molar-refractivity contribution in [1.82, 2.24) is 9.61 Å². The van der Waals surface area contributed by atoms with E-state index in [0.717, 1.165) is 11.2 Å². The zero-order valence-corrected chi connectivity index (χ0v) is 8.02. The first-order chi connectivity index (χ1) is 6.72. The van der Waals surface area contributed by atoms with Gasteiger partial charge in [0, 0.05) is 11.9 Å². The number of carbonyl (C=O) groups is 1. The molecule has 0 saturated heterocycles. The molecule has 0 spiro atoms. The van der Waals surface area contributed by atoms with Crippen LogP contribution in [0.1, 0.15) is 16.1 Å². The molecule has 14 heavy (non-hydrogen) atoms. The first-order valence-corrected chi connectivity index (χ1v) is 4.25. The first kappa shape index (κ1) is 8.74. The molecule has 72 valence electrons. The second-order valence-electron chi connectivity index (χ2n) is 3.04. The summed E-state index contributed by atoms with van der Waals surface area (Å²) in [6, 6.07) is 5.36. The summed E-state index contributed by atoms with van der Waals surface area (Å²) in [5.74, 6) is -0.322. The summed E-state index contributed by atoms with van der Waals surface area (Å²) in [5, 5.41) is 4.11. The van der Waals surface area contributed by atoms with Crippen molar-refractivity contribution in [1.29, 1.82) is 0 Å². The summed E-state index contributed by atoms with van der Waals surface area (Å²) in [4.78, 5) is 11.3. The quantitative estimate of drug-likeness (QED) is 0.639. The monoisotopic (exact) mass is 190 g/mol. The standard InChI is InChI=1S/C10H10N2O2/c1-7-5-8(10(13)14-2)6-9-3-4-11-12(7)9/h3-6H,1-2H3. The highest BCUT2D eigenvalue weighted by Crippen LogP contribution is 2.11. The number of carbonyl (C=O) groups excluding carboxylic acids is 1. The van der Waals surface area contributed by atoms with Gasteiger partial charge in [-0.3, -0.25) is 0 Å². The molecule has 0 fully saturated rings. The van der Waals surface area contributed by atoms with Crippen molar-refractivity contribution in [3.05, 3.63) is 35.7 Å². The van der Waals surface area contributed by atoms with Crippen LogP contribution in [0.5, 0.6) is 0 Å². The van der Waals surface area contributed by atoms with E-state index in [1.807, 2.05) is 13.0 Å². The van der Waals surface area contributed by atoms with Gasteiger partial charge in [0.05, 0.1) is 18.2 Å². The lowest BCUT2D eigenvalue weighted by Crippen LogP contribution is -2.04. The molecule has 0 aromatic carbocycles. The van der Waals surface area contributed by atoms with Gasteiger partial charge in [-0.05, 0) is 25.1 Å². The summed E-state index contributed by atoms with van der Waals surface area (Å²) < 4.78 is 6.42. The molecule has 0 unspecified atom stereocenters. The Balaban J connectivity index is 2.64. The summed E-state index contributed by atoms with van der Waals surface area (Å²) in [5.41, 5.74) is 2.36. The molecule has 2 aromatic rings. The normalized spacial score (nSPS) is 10.4. The van der Waals surface area contributed by atoms with E-state index < -0.39 is 0 Å². The average Bonchev–Trinajstić information content (AvgIpc) is 2.64. The number of pyridine rings is 1. The lowest BCUT2D eigenvalue weighted by Gasteiger charge is -2.03. The minimum Gasteiger partial charge on any atom is -0.465 e. The van der Waals surface area contributed by atoms with Gasteiger partial charge in [0.1, 0.15) is 0 Å². The molecule has 2 aromatic heterocycles. The van der Waals surface area contributed by atoms with Gasteiger partial charge >= 0.3 is 5.97 Å². The molecule has 0 saturated carbocycles. The van der Waals surface area contributed by atoms with Gasteiger partial charge in [-0.15, -0.1) is 0 Å². The second kappa shape index (κ2) is 3.14. The number of aromatic nitrogens is 2. The highest BCUT2D eigenvalue weighted by atomic mass is 16.5. The number of hydrogen-bond donors (Lipinski definition) is 0. The lowest BCUT2D eigenvalue weighted by atomic mass is 10.2. The summed E-state index contributed by atoms with van der Waals surface area (Å²) in [6.45, 7) is 1.90. The van der Waals surface area contributed by atoms with Crippen molar-refractivity contribution < 1.29 is 9.53 Å². The largest absolute Gasteiger partial charge is 0.465 e. The van der Waals surface area contributed by atoms with Crippen molar-refractivity contribution >= 4 is 11.5 Å². The molecule has 2 rings (SSSR count). The Hall–Kier alpha value is -1.84. The van der Waals surface area contributed by atoms with Crippen molar-refractivity contribution in [3.63, 3.8) is 0 Å². The SMILES string of the molecule is COC(=O)c1cc(C)n2nccc2c1. The molecule has 4 nitrogen and oxygen atoms in total. The van der Waals surface area contributed by atoms with Crippen molar-refractivity contribution in [2.24, 2.45) is 0 Å². The Kier molecular flexibility index (Phi) is 1.96. The molecule has 0 bridgehead atoms. The Morgan fingerprint density at radius 2 is 2.29 bits per heavy atom. The maximum absolute atomic E-state index is 11.3. The zero-order chi connectivity index (χ0) is 10.1. The molecule has 2 heterocycles. The molecule has 0 aliphatic carbocycles. The predicted molar refractivity (Wildman–Crippen MR) is 51.3 cm³/mol. The topological polar surface area (TPSA) is 43.6 Å². The first-order valence-electron chi connectivity index (χ1n) is 4.25. The minimum absolute atomic E-state index is 0.322. The number of fused-ring (bicyclic) bond motifs is 1. The molecule has 0 atom stereocenters. The van der Waals surface area contributed by atoms with E-state index in [0.29, 0.717) is 5.56 Å². The number of hydrogen-bond acceptors (Lipinski definition) is 3. The number of methoxy groups -OCH3 is 1. The predicted octanol–water partition coefficient (Wildman–Crippen LogP) is 1.43. The molecule has 0 amide bonds.